The van der Waals surface area contributed by atoms with Crippen molar-refractivity contribution in [2.75, 3.05) is 9.80 Å². The van der Waals surface area contributed by atoms with E-state index in [1.807, 2.05) is 84.9 Å². The van der Waals surface area contributed by atoms with Gasteiger partial charge >= 0.3 is 0 Å². The summed E-state index contributed by atoms with van der Waals surface area (Å²) >= 11 is 0. The summed E-state index contributed by atoms with van der Waals surface area (Å²) in [6.07, 6.45) is -1.45. The zero-order valence-electron chi connectivity index (χ0n) is 34.0. The largest absolute Gasteiger partial charge is 0.369 e. The number of carbonyl (C=O) groups excluding carboxylic acids is 3. The quantitative estimate of drug-likeness (QED) is 0.146. The lowest BCUT2D eigenvalue weighted by molar-refractivity contribution is 0.0869. The first kappa shape index (κ1) is 36.1. The summed E-state index contributed by atoms with van der Waals surface area (Å²) in [6, 6.07) is 27.7. The van der Waals surface area contributed by atoms with Gasteiger partial charge in [0.15, 0.2) is 6.23 Å². The van der Waals surface area contributed by atoms with Gasteiger partial charge in [0.1, 0.15) is 0 Å². The van der Waals surface area contributed by atoms with Crippen molar-refractivity contribution in [3.05, 3.63) is 129 Å². The smallest absolute Gasteiger partial charge is 0.268 e. The summed E-state index contributed by atoms with van der Waals surface area (Å²) in [7, 11) is 0. The minimum atomic E-state index is -1.45. The molecule has 0 aliphatic carbocycles. The summed E-state index contributed by atoms with van der Waals surface area (Å²) in [6.45, 7) is 16.7. The first-order valence-electron chi connectivity index (χ1n) is 20.5. The standard InChI is InChI=1S/C50H46N4O4/c1-23(2)27-17-13-18-28(24(3)4)45(27)53-47(55)39-35-31-15-9-11-21-33(31)52-44(35)42-38-37(39)41(49(53)57)43-36(32-16-10-12-22-34(32)51-43)40(38)48(56)54(50(42)58)46-29(25(5)6)19-14-20-30(46)26(7)8/h9-26,49,51-52,57H,1-8H3. The fraction of sp³-hybridized carbons (Fsp3) is 0.260. The van der Waals surface area contributed by atoms with E-state index in [1.165, 1.54) is 4.90 Å². The van der Waals surface area contributed by atoms with Crippen molar-refractivity contribution in [1.29, 1.82) is 0 Å². The Bertz CT molecular complexity index is 3070. The number of amides is 3. The minimum absolute atomic E-state index is 0.00969. The predicted molar refractivity (Wildman–Crippen MR) is 235 cm³/mol. The number of para-hydroxylation sites is 4. The lowest BCUT2D eigenvalue weighted by Gasteiger charge is -2.39. The molecule has 1 unspecified atom stereocenters. The topological polar surface area (TPSA) is 110 Å². The van der Waals surface area contributed by atoms with Crippen molar-refractivity contribution in [3.8, 4) is 0 Å². The van der Waals surface area contributed by atoms with Crippen molar-refractivity contribution in [3.63, 3.8) is 0 Å². The number of hydrogen-bond donors (Lipinski definition) is 3. The Hall–Kier alpha value is -6.25. The van der Waals surface area contributed by atoms with Crippen LogP contribution < -0.4 is 9.80 Å². The van der Waals surface area contributed by atoms with Crippen LogP contribution in [0.3, 0.4) is 0 Å². The highest BCUT2D eigenvalue weighted by atomic mass is 16.3. The molecule has 0 spiro atoms. The molecule has 0 saturated heterocycles. The first-order valence-corrected chi connectivity index (χ1v) is 20.5. The van der Waals surface area contributed by atoms with Gasteiger partial charge < -0.3 is 15.1 Å². The second-order valence-corrected chi connectivity index (χ2v) is 17.3. The predicted octanol–water partition coefficient (Wildman–Crippen LogP) is 12.1. The zero-order valence-corrected chi connectivity index (χ0v) is 34.0. The zero-order chi connectivity index (χ0) is 40.6. The first-order chi connectivity index (χ1) is 27.8. The Labute approximate surface area is 336 Å². The van der Waals surface area contributed by atoms with Gasteiger partial charge in [-0.05, 0) is 58.1 Å². The van der Waals surface area contributed by atoms with Gasteiger partial charge in [0.25, 0.3) is 17.7 Å². The third-order valence-corrected chi connectivity index (χ3v) is 12.6. The Morgan fingerprint density at radius 3 is 1.43 bits per heavy atom. The van der Waals surface area contributed by atoms with Gasteiger partial charge in [-0.25, -0.2) is 4.90 Å². The van der Waals surface area contributed by atoms with E-state index in [1.54, 1.807) is 4.90 Å². The number of nitrogens with one attached hydrogen (secondary N) is 2. The lowest BCUT2D eigenvalue weighted by atomic mass is 9.79. The molecule has 4 heterocycles. The Morgan fingerprint density at radius 2 is 0.914 bits per heavy atom. The average Bonchev–Trinajstić information content (AvgIpc) is 3.77. The normalized spacial score (nSPS) is 15.8. The second kappa shape index (κ2) is 12.6. The van der Waals surface area contributed by atoms with Crippen molar-refractivity contribution in [1.82, 2.24) is 9.97 Å². The number of aromatic amines is 2. The number of rotatable bonds is 6. The van der Waals surface area contributed by atoms with E-state index in [4.69, 9.17) is 0 Å². The van der Waals surface area contributed by atoms with E-state index in [-0.39, 0.29) is 29.6 Å². The molecule has 2 aromatic heterocycles. The van der Waals surface area contributed by atoms with Gasteiger partial charge in [-0.1, -0.05) is 128 Å². The summed E-state index contributed by atoms with van der Waals surface area (Å²) in [5.74, 6) is -1.20. The van der Waals surface area contributed by atoms with Crippen LogP contribution in [0.5, 0.6) is 0 Å². The number of hydrogen-bond acceptors (Lipinski definition) is 4. The van der Waals surface area contributed by atoms with Gasteiger partial charge in [0.05, 0.1) is 39.1 Å². The summed E-state index contributed by atoms with van der Waals surface area (Å²) in [4.78, 5) is 57.5. The minimum Gasteiger partial charge on any atom is -0.369 e. The van der Waals surface area contributed by atoms with Gasteiger partial charge in [-0.15, -0.1) is 0 Å². The highest BCUT2D eigenvalue weighted by Gasteiger charge is 2.47. The molecule has 10 rings (SSSR count). The Balaban J connectivity index is 1.44. The summed E-state index contributed by atoms with van der Waals surface area (Å²) in [5.41, 5.74) is 9.08. The number of fused-ring (bicyclic) bond motifs is 10. The van der Waals surface area contributed by atoms with Crippen LogP contribution in [0.2, 0.25) is 0 Å². The molecule has 0 bridgehead atoms. The van der Waals surface area contributed by atoms with Gasteiger partial charge in [-0.3, -0.25) is 19.3 Å². The Morgan fingerprint density at radius 1 is 0.483 bits per heavy atom. The molecule has 8 nitrogen and oxygen atoms in total. The number of imide groups is 1. The Kier molecular flexibility index (Phi) is 7.86. The van der Waals surface area contributed by atoms with E-state index in [0.717, 1.165) is 44.1 Å². The van der Waals surface area contributed by atoms with Crippen LogP contribution in [0.25, 0.3) is 54.4 Å². The van der Waals surface area contributed by atoms with Gasteiger partial charge in [-0.2, -0.15) is 0 Å². The highest BCUT2D eigenvalue weighted by molar-refractivity contribution is 6.47. The molecule has 1 atom stereocenters. The fourth-order valence-corrected chi connectivity index (χ4v) is 10.0. The average molecular weight is 767 g/mol. The van der Waals surface area contributed by atoms with Crippen LogP contribution in [0.4, 0.5) is 11.4 Å². The lowest BCUT2D eigenvalue weighted by Crippen LogP contribution is -2.44. The maximum absolute atomic E-state index is 15.8. The molecule has 8 aromatic rings. The molecule has 0 saturated carbocycles. The van der Waals surface area contributed by atoms with E-state index in [2.05, 4.69) is 65.4 Å². The third-order valence-electron chi connectivity index (χ3n) is 12.6. The number of aliphatic hydroxyl groups excluding tert-OH is 1. The number of anilines is 2. The number of aromatic nitrogens is 2. The highest BCUT2D eigenvalue weighted by Crippen LogP contribution is 2.54. The molecular formula is C50H46N4O4. The molecule has 3 amide bonds. The number of carbonyl (C=O) groups is 3. The molecule has 58 heavy (non-hydrogen) atoms. The SMILES string of the molecule is CC(C)c1cccc(C(C)C)c1N1C(=O)c2c3[nH]c4ccccc4c3c3c4c(c5[nH]c6ccccc6c5c(c24)C1=O)C(O)N(c1c(C(C)C)cccc1C(C)C)C3=O. The molecule has 2 aliphatic rings. The van der Waals surface area contributed by atoms with Gasteiger partial charge in [0, 0.05) is 48.9 Å². The number of H-pyrrole nitrogens is 2. The van der Waals surface area contributed by atoms with Crippen LogP contribution in [-0.2, 0) is 0 Å². The van der Waals surface area contributed by atoms with Crippen LogP contribution in [-0.4, -0.2) is 32.8 Å². The fourth-order valence-electron chi connectivity index (χ4n) is 10.0. The molecule has 290 valence electrons. The van der Waals surface area contributed by atoms with Crippen LogP contribution >= 0.6 is 0 Å². The van der Waals surface area contributed by atoms with E-state index >= 15 is 14.4 Å². The molecule has 3 N–H and O–H groups in total. The van der Waals surface area contributed by atoms with E-state index in [0.29, 0.717) is 66.2 Å². The van der Waals surface area contributed by atoms with Crippen molar-refractivity contribution < 1.29 is 19.5 Å². The van der Waals surface area contributed by atoms with Gasteiger partial charge in [0.2, 0.25) is 0 Å². The summed E-state index contributed by atoms with van der Waals surface area (Å²) < 4.78 is 0. The number of aliphatic hydroxyl groups is 1. The van der Waals surface area contributed by atoms with Crippen LogP contribution in [0, 0.1) is 0 Å². The summed E-state index contributed by atoms with van der Waals surface area (Å²) in [5, 5.41) is 16.7. The molecule has 8 heteroatoms. The molecule has 0 radical (unpaired) electrons. The van der Waals surface area contributed by atoms with Crippen LogP contribution in [0.1, 0.15) is 144 Å². The molecular weight excluding hydrogens is 721 g/mol. The number of benzene rings is 6. The maximum Gasteiger partial charge on any atom is 0.268 e. The maximum atomic E-state index is 15.8. The van der Waals surface area contributed by atoms with E-state index < -0.39 is 18.0 Å². The second-order valence-electron chi connectivity index (χ2n) is 17.3. The number of nitrogens with zero attached hydrogens (tertiary/aromatic N) is 2. The van der Waals surface area contributed by atoms with Crippen molar-refractivity contribution >= 4 is 83.5 Å². The molecule has 0 fully saturated rings. The monoisotopic (exact) mass is 766 g/mol. The van der Waals surface area contributed by atoms with Crippen molar-refractivity contribution in [2.45, 2.75) is 85.3 Å². The van der Waals surface area contributed by atoms with E-state index in [9.17, 15) is 5.11 Å². The third kappa shape index (κ3) is 4.63. The van der Waals surface area contributed by atoms with Crippen LogP contribution in [0.15, 0.2) is 84.9 Å². The molecule has 6 aromatic carbocycles. The molecule has 2 aliphatic heterocycles. The van der Waals surface area contributed by atoms with Crippen molar-refractivity contribution in [2.24, 2.45) is 0 Å².